The molecule has 0 aromatic carbocycles. The fraction of sp³-hybridized carbons (Fsp3) is 0.636. The van der Waals surface area contributed by atoms with Gasteiger partial charge >= 0.3 is 5.97 Å². The minimum absolute atomic E-state index is 0.0103. The molecule has 1 unspecified atom stereocenters. The van der Waals surface area contributed by atoms with Crippen molar-refractivity contribution in [2.45, 2.75) is 31.1 Å². The second-order valence-corrected chi connectivity index (χ2v) is 6.81. The Morgan fingerprint density at radius 2 is 2.10 bits per heavy atom. The molecule has 1 aliphatic rings. The lowest BCUT2D eigenvalue weighted by atomic mass is 9.94. The molecule has 118 valence electrons. The van der Waals surface area contributed by atoms with Crippen LogP contribution in [-0.2, 0) is 14.8 Å². The normalized spacial score (nSPS) is 23.1. The zero-order valence-electron chi connectivity index (χ0n) is 11.3. The summed E-state index contributed by atoms with van der Waals surface area (Å²) in [4.78, 5) is 10.5. The lowest BCUT2D eigenvalue weighted by Crippen LogP contribution is -2.52. The first-order valence-corrected chi connectivity index (χ1v) is 7.55. The van der Waals surface area contributed by atoms with Gasteiger partial charge in [0.1, 0.15) is 16.5 Å². The van der Waals surface area contributed by atoms with E-state index in [1.165, 1.54) is 13.8 Å². The van der Waals surface area contributed by atoms with E-state index in [2.05, 4.69) is 5.16 Å². The number of sulfonamides is 1. The van der Waals surface area contributed by atoms with Crippen LogP contribution in [0.1, 0.15) is 17.9 Å². The Labute approximate surface area is 119 Å². The average Bonchev–Trinajstić information content (AvgIpc) is 2.67. The number of hydrogen-bond donors (Lipinski definition) is 1. The number of halogens is 2. The van der Waals surface area contributed by atoms with E-state index in [9.17, 15) is 22.0 Å². The monoisotopic (exact) mass is 324 g/mol. The van der Waals surface area contributed by atoms with Gasteiger partial charge in [0.05, 0.1) is 6.54 Å². The van der Waals surface area contributed by atoms with E-state index < -0.39 is 40.8 Å². The largest absolute Gasteiger partial charge is 0.481 e. The van der Waals surface area contributed by atoms with Crippen molar-refractivity contribution < 1.29 is 31.6 Å². The summed E-state index contributed by atoms with van der Waals surface area (Å²) in [5.74, 6) is -7.13. The van der Waals surface area contributed by atoms with E-state index >= 15 is 0 Å². The molecule has 0 radical (unpaired) electrons. The number of carbonyl (C=O) groups is 1. The predicted octanol–water partition coefficient (Wildman–Crippen LogP) is 1.02. The van der Waals surface area contributed by atoms with Crippen LogP contribution in [0.25, 0.3) is 0 Å². The van der Waals surface area contributed by atoms with Gasteiger partial charge in [-0.15, -0.1) is 0 Å². The molecule has 2 rings (SSSR count). The van der Waals surface area contributed by atoms with E-state index in [1.54, 1.807) is 0 Å². The molecule has 2 heterocycles. The summed E-state index contributed by atoms with van der Waals surface area (Å²) >= 11 is 0. The molecule has 1 aromatic heterocycles. The number of carboxylic acid groups (broad SMARTS) is 1. The van der Waals surface area contributed by atoms with Crippen molar-refractivity contribution >= 4 is 16.0 Å². The molecule has 0 aliphatic carbocycles. The van der Waals surface area contributed by atoms with Gasteiger partial charge in [-0.2, -0.15) is 4.31 Å². The maximum Gasteiger partial charge on any atom is 0.312 e. The lowest BCUT2D eigenvalue weighted by molar-refractivity contribution is -0.163. The highest BCUT2D eigenvalue weighted by molar-refractivity contribution is 7.89. The van der Waals surface area contributed by atoms with Gasteiger partial charge in [-0.25, -0.2) is 17.2 Å². The first-order valence-electron chi connectivity index (χ1n) is 6.11. The Bertz CT molecular complexity index is 651. The third-order valence-corrected chi connectivity index (χ3v) is 5.52. The van der Waals surface area contributed by atoms with Crippen molar-refractivity contribution in [3.63, 3.8) is 0 Å². The van der Waals surface area contributed by atoms with Gasteiger partial charge in [-0.05, 0) is 20.3 Å². The first kappa shape index (κ1) is 15.8. The molecular formula is C11H14F2N2O5S. The molecule has 1 saturated heterocycles. The predicted molar refractivity (Wildman–Crippen MR) is 65.4 cm³/mol. The highest BCUT2D eigenvalue weighted by atomic mass is 32.2. The number of aryl methyl sites for hydroxylation is 2. The molecule has 0 saturated carbocycles. The Balaban J connectivity index is 2.34. The Kier molecular flexibility index (Phi) is 3.79. The van der Waals surface area contributed by atoms with Crippen molar-refractivity contribution in [3.8, 4) is 0 Å². The molecule has 1 fully saturated rings. The molecule has 0 bridgehead atoms. The van der Waals surface area contributed by atoms with Crippen molar-refractivity contribution in [2.24, 2.45) is 5.92 Å². The molecule has 0 spiro atoms. The van der Waals surface area contributed by atoms with E-state index in [-0.39, 0.29) is 22.9 Å². The number of hydrogen-bond acceptors (Lipinski definition) is 5. The lowest BCUT2D eigenvalue weighted by Gasteiger charge is -2.35. The van der Waals surface area contributed by atoms with Crippen molar-refractivity contribution in [1.82, 2.24) is 9.46 Å². The van der Waals surface area contributed by atoms with E-state index in [0.717, 1.165) is 0 Å². The third kappa shape index (κ3) is 2.64. The number of aromatic nitrogens is 1. The molecule has 1 atom stereocenters. The van der Waals surface area contributed by atoms with Gasteiger partial charge in [0.15, 0.2) is 5.76 Å². The second-order valence-electron chi connectivity index (χ2n) is 4.93. The van der Waals surface area contributed by atoms with E-state index in [4.69, 9.17) is 9.63 Å². The Hall–Kier alpha value is -1.55. The van der Waals surface area contributed by atoms with Crippen LogP contribution in [0.2, 0.25) is 0 Å². The topological polar surface area (TPSA) is 101 Å². The number of aliphatic carboxylic acids is 1. The SMILES string of the molecule is Cc1noc(C)c1S(=O)(=O)N1CCC(C(=O)O)C(F)(F)C1. The summed E-state index contributed by atoms with van der Waals surface area (Å²) in [6.45, 7) is 1.30. The molecule has 7 nitrogen and oxygen atoms in total. The zero-order chi connectivity index (χ0) is 16.0. The molecule has 1 aromatic rings. The number of carboxylic acids is 1. The minimum Gasteiger partial charge on any atom is -0.481 e. The number of rotatable bonds is 3. The third-order valence-electron chi connectivity index (χ3n) is 3.43. The number of piperidine rings is 1. The van der Waals surface area contributed by atoms with Crippen LogP contribution in [0.5, 0.6) is 0 Å². The summed E-state index contributed by atoms with van der Waals surface area (Å²) in [6, 6.07) is 0. The summed E-state index contributed by atoms with van der Waals surface area (Å²) in [5.41, 5.74) is 0.0798. The van der Waals surface area contributed by atoms with Crippen molar-refractivity contribution in [2.75, 3.05) is 13.1 Å². The van der Waals surface area contributed by atoms with E-state index in [1.807, 2.05) is 0 Å². The summed E-state index contributed by atoms with van der Waals surface area (Å²) in [7, 11) is -4.20. The van der Waals surface area contributed by atoms with Gasteiger partial charge in [0, 0.05) is 6.54 Å². The van der Waals surface area contributed by atoms with Crippen molar-refractivity contribution in [3.05, 3.63) is 11.5 Å². The van der Waals surface area contributed by atoms with Gasteiger partial charge in [-0.1, -0.05) is 5.16 Å². The van der Waals surface area contributed by atoms with Gasteiger partial charge < -0.3 is 9.63 Å². The second kappa shape index (κ2) is 5.02. The Morgan fingerprint density at radius 1 is 1.48 bits per heavy atom. The van der Waals surface area contributed by atoms with Crippen LogP contribution < -0.4 is 0 Å². The van der Waals surface area contributed by atoms with Crippen LogP contribution >= 0.6 is 0 Å². The zero-order valence-corrected chi connectivity index (χ0v) is 12.2. The van der Waals surface area contributed by atoms with Crippen LogP contribution in [0, 0.1) is 19.8 Å². The summed E-state index contributed by atoms with van der Waals surface area (Å²) in [5, 5.41) is 12.3. The van der Waals surface area contributed by atoms with Crippen LogP contribution in [-0.4, -0.2) is 48.0 Å². The fourth-order valence-electron chi connectivity index (χ4n) is 2.39. The number of alkyl halides is 2. The van der Waals surface area contributed by atoms with Crippen molar-refractivity contribution in [1.29, 1.82) is 0 Å². The highest BCUT2D eigenvalue weighted by Crippen LogP contribution is 2.36. The van der Waals surface area contributed by atoms with Gasteiger partial charge in [0.2, 0.25) is 10.0 Å². The van der Waals surface area contributed by atoms with Crippen LogP contribution in [0.4, 0.5) is 8.78 Å². The quantitative estimate of drug-likeness (QED) is 0.891. The van der Waals surface area contributed by atoms with Crippen LogP contribution in [0.15, 0.2) is 9.42 Å². The standard InChI is InChI=1S/C11H14F2N2O5S/c1-6-9(7(2)20-14-6)21(18,19)15-4-3-8(10(16)17)11(12,13)5-15/h8H,3-5H2,1-2H3,(H,16,17). The van der Waals surface area contributed by atoms with E-state index in [0.29, 0.717) is 4.31 Å². The fourth-order valence-corrected chi connectivity index (χ4v) is 4.15. The smallest absolute Gasteiger partial charge is 0.312 e. The average molecular weight is 324 g/mol. The Morgan fingerprint density at radius 3 is 2.52 bits per heavy atom. The number of nitrogens with zero attached hydrogens (tertiary/aromatic N) is 2. The van der Waals surface area contributed by atoms with Crippen LogP contribution in [0.3, 0.4) is 0 Å². The molecular weight excluding hydrogens is 310 g/mol. The molecule has 10 heteroatoms. The summed E-state index contributed by atoms with van der Waals surface area (Å²) in [6.07, 6.45) is -0.453. The minimum atomic E-state index is -4.20. The maximum absolute atomic E-state index is 13.8. The first-order chi connectivity index (χ1) is 9.57. The molecule has 1 aliphatic heterocycles. The summed E-state index contributed by atoms with van der Waals surface area (Å²) < 4.78 is 57.8. The molecule has 0 amide bonds. The molecule has 1 N–H and O–H groups in total. The van der Waals surface area contributed by atoms with Gasteiger partial charge in [0.25, 0.3) is 5.92 Å². The maximum atomic E-state index is 13.8. The highest BCUT2D eigenvalue weighted by Gasteiger charge is 2.51. The van der Waals surface area contributed by atoms with Gasteiger partial charge in [-0.3, -0.25) is 4.79 Å². The molecule has 21 heavy (non-hydrogen) atoms.